The molecule has 120 valence electrons. The highest BCUT2D eigenvalue weighted by molar-refractivity contribution is 9.10. The molecular formula is C16H20BrNO4. The number of ether oxygens (including phenoxy) is 1. The fourth-order valence-corrected chi connectivity index (χ4v) is 3.00. The monoisotopic (exact) mass is 369 g/mol. The second-order valence-electron chi connectivity index (χ2n) is 5.42. The van der Waals surface area contributed by atoms with Crippen LogP contribution in [0.25, 0.3) is 0 Å². The second kappa shape index (κ2) is 8.29. The van der Waals surface area contributed by atoms with Gasteiger partial charge in [0.1, 0.15) is 0 Å². The molecule has 5 nitrogen and oxygen atoms in total. The average Bonchev–Trinajstić information content (AvgIpc) is 2.51. The molecular weight excluding hydrogens is 350 g/mol. The third-order valence-corrected chi connectivity index (χ3v) is 4.23. The van der Waals surface area contributed by atoms with E-state index in [0.717, 1.165) is 10.0 Å². The number of carbonyl (C=O) groups is 2. The van der Waals surface area contributed by atoms with E-state index >= 15 is 0 Å². The van der Waals surface area contributed by atoms with Crippen LogP contribution >= 0.6 is 15.9 Å². The van der Waals surface area contributed by atoms with Crippen molar-refractivity contribution in [2.45, 2.75) is 25.8 Å². The van der Waals surface area contributed by atoms with Gasteiger partial charge in [0.25, 0.3) is 0 Å². The Hall–Kier alpha value is -1.40. The van der Waals surface area contributed by atoms with Crippen LogP contribution < -0.4 is 0 Å². The largest absolute Gasteiger partial charge is 0.481 e. The van der Waals surface area contributed by atoms with E-state index in [1.54, 1.807) is 4.90 Å². The Bertz CT molecular complexity index is 529. The number of nitrogens with zero attached hydrogens (tertiary/aromatic N) is 1. The lowest BCUT2D eigenvalue weighted by atomic mass is 9.98. The number of carboxylic acid groups (broad SMARTS) is 1. The van der Waals surface area contributed by atoms with Crippen LogP contribution in [0.5, 0.6) is 0 Å². The van der Waals surface area contributed by atoms with Crippen molar-refractivity contribution >= 4 is 27.8 Å². The number of carboxylic acids is 1. The standard InChI is InChI=1S/C16H20BrNO4/c17-14-3-1-2-12(10-14)11-18(7-4-15(19)20)16(21)13-5-8-22-9-6-13/h1-3,10,13H,4-9,11H2,(H,19,20). The fourth-order valence-electron chi connectivity index (χ4n) is 2.56. The van der Waals surface area contributed by atoms with Gasteiger partial charge < -0.3 is 14.7 Å². The fraction of sp³-hybridized carbons (Fsp3) is 0.500. The molecule has 2 rings (SSSR count). The van der Waals surface area contributed by atoms with Crippen LogP contribution in [0.2, 0.25) is 0 Å². The van der Waals surface area contributed by atoms with Gasteiger partial charge in [-0.3, -0.25) is 9.59 Å². The van der Waals surface area contributed by atoms with Gasteiger partial charge in [-0.2, -0.15) is 0 Å². The maximum Gasteiger partial charge on any atom is 0.305 e. The molecule has 1 aliphatic rings. The summed E-state index contributed by atoms with van der Waals surface area (Å²) in [6, 6.07) is 7.72. The van der Waals surface area contributed by atoms with E-state index in [4.69, 9.17) is 9.84 Å². The van der Waals surface area contributed by atoms with E-state index in [-0.39, 0.29) is 24.8 Å². The van der Waals surface area contributed by atoms with Crippen LogP contribution in [-0.4, -0.2) is 41.6 Å². The Kier molecular flexibility index (Phi) is 6.39. The van der Waals surface area contributed by atoms with Gasteiger partial charge in [0.15, 0.2) is 0 Å². The third kappa shape index (κ3) is 5.10. The first-order valence-corrected chi connectivity index (χ1v) is 8.18. The Labute approximate surface area is 138 Å². The molecule has 0 spiro atoms. The Morgan fingerprint density at radius 3 is 2.68 bits per heavy atom. The number of hydrogen-bond donors (Lipinski definition) is 1. The molecule has 0 aromatic heterocycles. The number of rotatable bonds is 6. The lowest BCUT2D eigenvalue weighted by Gasteiger charge is -2.29. The van der Waals surface area contributed by atoms with Gasteiger partial charge >= 0.3 is 5.97 Å². The van der Waals surface area contributed by atoms with Gasteiger partial charge in [-0.15, -0.1) is 0 Å². The van der Waals surface area contributed by atoms with Crippen LogP contribution in [0.15, 0.2) is 28.7 Å². The Morgan fingerprint density at radius 1 is 1.32 bits per heavy atom. The lowest BCUT2D eigenvalue weighted by Crippen LogP contribution is -2.39. The summed E-state index contributed by atoms with van der Waals surface area (Å²) in [6.07, 6.45) is 1.38. The molecule has 0 bridgehead atoms. The number of halogens is 1. The first-order chi connectivity index (χ1) is 10.6. The van der Waals surface area contributed by atoms with Crippen LogP contribution in [0, 0.1) is 5.92 Å². The Balaban J connectivity index is 2.07. The van der Waals surface area contributed by atoms with E-state index in [9.17, 15) is 9.59 Å². The molecule has 0 unspecified atom stereocenters. The predicted octanol–water partition coefficient (Wildman–Crippen LogP) is 2.68. The molecule has 1 saturated heterocycles. The van der Waals surface area contributed by atoms with Crippen molar-refractivity contribution in [3.63, 3.8) is 0 Å². The van der Waals surface area contributed by atoms with Crippen LogP contribution in [0.3, 0.4) is 0 Å². The van der Waals surface area contributed by atoms with Crippen molar-refractivity contribution in [2.75, 3.05) is 19.8 Å². The average molecular weight is 370 g/mol. The van der Waals surface area contributed by atoms with Crippen molar-refractivity contribution in [2.24, 2.45) is 5.92 Å². The first-order valence-electron chi connectivity index (χ1n) is 7.39. The molecule has 1 aromatic rings. The summed E-state index contributed by atoms with van der Waals surface area (Å²) in [6.45, 7) is 1.86. The van der Waals surface area contributed by atoms with Gasteiger partial charge in [-0.1, -0.05) is 28.1 Å². The summed E-state index contributed by atoms with van der Waals surface area (Å²) in [5.41, 5.74) is 0.986. The van der Waals surface area contributed by atoms with Crippen LogP contribution in [-0.2, 0) is 20.9 Å². The van der Waals surface area contributed by atoms with E-state index in [0.29, 0.717) is 32.6 Å². The van der Waals surface area contributed by atoms with E-state index in [1.807, 2.05) is 24.3 Å². The Morgan fingerprint density at radius 2 is 2.05 bits per heavy atom. The SMILES string of the molecule is O=C(O)CCN(Cc1cccc(Br)c1)C(=O)C1CCOCC1. The van der Waals surface area contributed by atoms with E-state index < -0.39 is 5.97 Å². The van der Waals surface area contributed by atoms with Crippen LogP contribution in [0.4, 0.5) is 0 Å². The molecule has 22 heavy (non-hydrogen) atoms. The van der Waals surface area contributed by atoms with Gasteiger partial charge in [0, 0.05) is 36.7 Å². The van der Waals surface area contributed by atoms with E-state index in [1.165, 1.54) is 0 Å². The zero-order valence-electron chi connectivity index (χ0n) is 12.3. The highest BCUT2D eigenvalue weighted by Gasteiger charge is 2.26. The minimum atomic E-state index is -0.890. The number of carbonyl (C=O) groups excluding carboxylic acids is 1. The second-order valence-corrected chi connectivity index (χ2v) is 6.34. The molecule has 1 aliphatic heterocycles. The maximum atomic E-state index is 12.7. The van der Waals surface area contributed by atoms with Crippen LogP contribution in [0.1, 0.15) is 24.8 Å². The van der Waals surface area contributed by atoms with Gasteiger partial charge in [0.05, 0.1) is 6.42 Å². The summed E-state index contributed by atoms with van der Waals surface area (Å²) in [4.78, 5) is 25.2. The molecule has 6 heteroatoms. The highest BCUT2D eigenvalue weighted by Crippen LogP contribution is 2.20. The molecule has 0 saturated carbocycles. The van der Waals surface area contributed by atoms with Crippen molar-refractivity contribution in [3.05, 3.63) is 34.3 Å². The quantitative estimate of drug-likeness (QED) is 0.836. The van der Waals surface area contributed by atoms with Gasteiger partial charge in [0.2, 0.25) is 5.91 Å². The van der Waals surface area contributed by atoms with Gasteiger partial charge in [-0.05, 0) is 30.5 Å². The minimum absolute atomic E-state index is 0.0320. The zero-order valence-corrected chi connectivity index (χ0v) is 13.9. The first kappa shape index (κ1) is 17.0. The molecule has 0 aliphatic carbocycles. The molecule has 1 amide bonds. The van der Waals surface area contributed by atoms with E-state index in [2.05, 4.69) is 15.9 Å². The lowest BCUT2D eigenvalue weighted by molar-refractivity contribution is -0.141. The predicted molar refractivity (Wildman–Crippen MR) is 85.4 cm³/mol. The molecule has 1 N–H and O–H groups in total. The molecule has 1 fully saturated rings. The topological polar surface area (TPSA) is 66.8 Å². The summed E-state index contributed by atoms with van der Waals surface area (Å²) in [5.74, 6) is -0.918. The van der Waals surface area contributed by atoms with Gasteiger partial charge in [-0.25, -0.2) is 0 Å². The summed E-state index contributed by atoms with van der Waals surface area (Å²) < 4.78 is 6.24. The van der Waals surface area contributed by atoms with Crippen molar-refractivity contribution in [3.8, 4) is 0 Å². The minimum Gasteiger partial charge on any atom is -0.481 e. The molecule has 1 heterocycles. The maximum absolute atomic E-state index is 12.7. The zero-order chi connectivity index (χ0) is 15.9. The summed E-state index contributed by atoms with van der Waals surface area (Å²) in [7, 11) is 0. The van der Waals surface area contributed by atoms with Crippen molar-refractivity contribution in [1.82, 2.24) is 4.90 Å². The molecule has 0 radical (unpaired) electrons. The summed E-state index contributed by atoms with van der Waals surface area (Å²) in [5, 5.41) is 8.90. The number of aliphatic carboxylic acids is 1. The van der Waals surface area contributed by atoms with Crippen molar-refractivity contribution < 1.29 is 19.4 Å². The normalized spacial score (nSPS) is 15.5. The highest BCUT2D eigenvalue weighted by atomic mass is 79.9. The third-order valence-electron chi connectivity index (χ3n) is 3.74. The molecule has 0 atom stereocenters. The number of benzene rings is 1. The summed E-state index contributed by atoms with van der Waals surface area (Å²) >= 11 is 3.41. The number of hydrogen-bond acceptors (Lipinski definition) is 3. The van der Waals surface area contributed by atoms with Crippen molar-refractivity contribution in [1.29, 1.82) is 0 Å². The molecule has 1 aromatic carbocycles. The number of amides is 1. The smallest absolute Gasteiger partial charge is 0.305 e.